The first-order chi connectivity index (χ1) is 16.2. The number of ether oxygens (including phenoxy) is 2. The van der Waals surface area contributed by atoms with Gasteiger partial charge in [0.05, 0.1) is 24.2 Å². The quantitative estimate of drug-likeness (QED) is 0.670. The van der Waals surface area contributed by atoms with Gasteiger partial charge in [0.25, 0.3) is 0 Å². The van der Waals surface area contributed by atoms with Crippen molar-refractivity contribution in [2.24, 2.45) is 11.3 Å². The van der Waals surface area contributed by atoms with Gasteiger partial charge in [0.15, 0.2) is 0 Å². The smallest absolute Gasteiger partial charge is 0.384 e. The SMILES string of the molecule is COC[C@]1(C(=O)N2CCN(c3cc(C(F)(F)F)ccn3)CC2)CC[C@@H](N[C@H]2CCOCC2C)C1. The summed E-state index contributed by atoms with van der Waals surface area (Å²) in [5, 5.41) is 3.77. The Balaban J connectivity index is 1.37. The number of nitrogens with one attached hydrogen (secondary N) is 1. The number of aromatic nitrogens is 1. The summed E-state index contributed by atoms with van der Waals surface area (Å²) in [6, 6.07) is 2.72. The Morgan fingerprint density at radius 3 is 2.74 bits per heavy atom. The number of amides is 1. The van der Waals surface area contributed by atoms with Crippen molar-refractivity contribution in [2.75, 3.05) is 58.0 Å². The van der Waals surface area contributed by atoms with Crippen molar-refractivity contribution in [3.8, 4) is 0 Å². The summed E-state index contributed by atoms with van der Waals surface area (Å²) in [4.78, 5) is 21.4. The van der Waals surface area contributed by atoms with Gasteiger partial charge in [0.1, 0.15) is 5.82 Å². The summed E-state index contributed by atoms with van der Waals surface area (Å²) in [6.45, 7) is 5.91. The maximum atomic E-state index is 13.7. The fourth-order valence-corrected chi connectivity index (χ4v) is 5.60. The third-order valence-electron chi connectivity index (χ3n) is 7.54. The molecule has 0 bridgehead atoms. The predicted octanol–water partition coefficient (Wildman–Crippen LogP) is 2.95. The molecule has 1 aromatic rings. The number of hydrogen-bond acceptors (Lipinski definition) is 6. The molecular formula is C24H35F3N4O3. The molecule has 1 saturated carbocycles. The zero-order valence-corrected chi connectivity index (χ0v) is 19.9. The predicted molar refractivity (Wildman–Crippen MR) is 122 cm³/mol. The molecule has 2 saturated heterocycles. The first-order valence-electron chi connectivity index (χ1n) is 12.1. The van der Waals surface area contributed by atoms with Crippen molar-refractivity contribution in [1.82, 2.24) is 15.2 Å². The van der Waals surface area contributed by atoms with Crippen LogP contribution in [0.5, 0.6) is 0 Å². The van der Waals surface area contributed by atoms with Crippen LogP contribution >= 0.6 is 0 Å². The van der Waals surface area contributed by atoms with E-state index in [9.17, 15) is 18.0 Å². The largest absolute Gasteiger partial charge is 0.416 e. The highest BCUT2D eigenvalue weighted by molar-refractivity contribution is 5.83. The highest BCUT2D eigenvalue weighted by Gasteiger charge is 2.48. The lowest BCUT2D eigenvalue weighted by Gasteiger charge is -2.40. The van der Waals surface area contributed by atoms with E-state index in [1.54, 1.807) is 7.11 Å². The standard InChI is InChI=1S/C24H35F3N4O3/c1-17-15-34-12-5-20(17)29-19-3-6-23(14-19,16-33-2)22(32)31-10-8-30(9-11-31)21-13-18(4-7-28-21)24(25,26)27/h4,7,13,17,19-20,29H,3,5-6,8-12,14-16H2,1-2H3/t17?,19-,20+,23+/m1/s1. The molecule has 4 atom stereocenters. The van der Waals surface area contributed by atoms with Crippen LogP contribution in [-0.2, 0) is 20.4 Å². The zero-order valence-electron chi connectivity index (χ0n) is 19.9. The van der Waals surface area contributed by atoms with Gasteiger partial charge in [0.2, 0.25) is 5.91 Å². The summed E-state index contributed by atoms with van der Waals surface area (Å²) < 4.78 is 50.3. The third kappa shape index (κ3) is 5.49. The number of anilines is 1. The Morgan fingerprint density at radius 1 is 1.29 bits per heavy atom. The lowest BCUT2D eigenvalue weighted by atomic mass is 9.84. The average molecular weight is 485 g/mol. The van der Waals surface area contributed by atoms with E-state index in [-0.39, 0.29) is 11.9 Å². The number of methoxy groups -OCH3 is 1. The van der Waals surface area contributed by atoms with Crippen LogP contribution in [0.3, 0.4) is 0 Å². The fraction of sp³-hybridized carbons (Fsp3) is 0.750. The molecule has 1 amide bonds. The van der Waals surface area contributed by atoms with Gasteiger partial charge in [-0.15, -0.1) is 0 Å². The van der Waals surface area contributed by atoms with Crippen LogP contribution in [0.4, 0.5) is 19.0 Å². The molecule has 10 heteroatoms. The van der Waals surface area contributed by atoms with Gasteiger partial charge >= 0.3 is 6.18 Å². The van der Waals surface area contributed by atoms with Gasteiger partial charge in [-0.25, -0.2) is 4.98 Å². The topological polar surface area (TPSA) is 66.9 Å². The van der Waals surface area contributed by atoms with Crippen LogP contribution in [0, 0.1) is 11.3 Å². The lowest BCUT2D eigenvalue weighted by molar-refractivity contribution is -0.145. The van der Waals surface area contributed by atoms with Gasteiger partial charge in [0, 0.05) is 58.2 Å². The van der Waals surface area contributed by atoms with Gasteiger partial charge in [-0.3, -0.25) is 4.79 Å². The van der Waals surface area contributed by atoms with Crippen molar-refractivity contribution < 1.29 is 27.4 Å². The van der Waals surface area contributed by atoms with Gasteiger partial charge in [-0.2, -0.15) is 13.2 Å². The number of rotatable bonds is 6. The first-order valence-corrected chi connectivity index (χ1v) is 12.1. The molecule has 0 spiro atoms. The van der Waals surface area contributed by atoms with E-state index in [2.05, 4.69) is 17.2 Å². The summed E-state index contributed by atoms with van der Waals surface area (Å²) >= 11 is 0. The molecule has 2 aliphatic heterocycles. The van der Waals surface area contributed by atoms with Crippen molar-refractivity contribution >= 4 is 11.7 Å². The number of halogens is 3. The Bertz CT molecular complexity index is 847. The molecule has 3 aliphatic rings. The first kappa shape index (κ1) is 25.2. The number of nitrogens with zero attached hydrogens (tertiary/aromatic N) is 3. The molecule has 1 unspecified atom stereocenters. The molecule has 0 radical (unpaired) electrons. The van der Waals surface area contributed by atoms with E-state index in [0.29, 0.717) is 50.6 Å². The highest BCUT2D eigenvalue weighted by atomic mass is 19.4. The van der Waals surface area contributed by atoms with E-state index >= 15 is 0 Å². The third-order valence-corrected chi connectivity index (χ3v) is 7.54. The van der Waals surface area contributed by atoms with Crippen molar-refractivity contribution in [2.45, 2.75) is 50.9 Å². The van der Waals surface area contributed by atoms with Gasteiger partial charge in [-0.05, 0) is 43.7 Å². The minimum Gasteiger partial charge on any atom is -0.384 e. The summed E-state index contributed by atoms with van der Waals surface area (Å²) in [5.41, 5.74) is -1.27. The Kier molecular flexibility index (Phi) is 7.69. The van der Waals surface area contributed by atoms with Crippen molar-refractivity contribution in [3.63, 3.8) is 0 Å². The van der Waals surface area contributed by atoms with Crippen LogP contribution in [0.2, 0.25) is 0 Å². The van der Waals surface area contributed by atoms with Crippen LogP contribution in [0.25, 0.3) is 0 Å². The van der Waals surface area contributed by atoms with Crippen LogP contribution in [0.15, 0.2) is 18.3 Å². The molecule has 1 aliphatic carbocycles. The van der Waals surface area contributed by atoms with Gasteiger partial charge in [-0.1, -0.05) is 6.92 Å². The van der Waals surface area contributed by atoms with E-state index in [1.165, 1.54) is 6.20 Å². The second kappa shape index (κ2) is 10.4. The number of hydrogen-bond donors (Lipinski definition) is 1. The molecule has 1 aromatic heterocycles. The Labute approximate surface area is 199 Å². The monoisotopic (exact) mass is 484 g/mol. The summed E-state index contributed by atoms with van der Waals surface area (Å²) in [5.74, 6) is 0.832. The van der Waals surface area contributed by atoms with E-state index in [1.807, 2.05) is 9.80 Å². The molecule has 34 heavy (non-hydrogen) atoms. The highest BCUT2D eigenvalue weighted by Crippen LogP contribution is 2.41. The minimum absolute atomic E-state index is 0.0929. The van der Waals surface area contributed by atoms with Crippen molar-refractivity contribution in [3.05, 3.63) is 23.9 Å². The molecule has 190 valence electrons. The summed E-state index contributed by atoms with van der Waals surface area (Å²) in [6.07, 6.45) is 0.191. The molecular weight excluding hydrogens is 449 g/mol. The molecule has 3 heterocycles. The number of piperazine rings is 1. The van der Waals surface area contributed by atoms with E-state index < -0.39 is 17.2 Å². The van der Waals surface area contributed by atoms with Crippen LogP contribution < -0.4 is 10.2 Å². The molecule has 3 fully saturated rings. The second-order valence-corrected chi connectivity index (χ2v) is 9.95. The van der Waals surface area contributed by atoms with Crippen molar-refractivity contribution in [1.29, 1.82) is 0 Å². The average Bonchev–Trinajstić information content (AvgIpc) is 3.23. The fourth-order valence-electron chi connectivity index (χ4n) is 5.60. The van der Waals surface area contributed by atoms with Crippen LogP contribution in [-0.4, -0.2) is 81.0 Å². The number of pyridine rings is 1. The lowest BCUT2D eigenvalue weighted by Crippen LogP contribution is -2.54. The maximum Gasteiger partial charge on any atom is 0.416 e. The maximum absolute atomic E-state index is 13.7. The number of carbonyl (C=O) groups excluding carboxylic acids is 1. The van der Waals surface area contributed by atoms with Crippen LogP contribution in [0.1, 0.15) is 38.2 Å². The Hall–Kier alpha value is -1.91. The molecule has 1 N–H and O–H groups in total. The molecule has 0 aromatic carbocycles. The zero-order chi connectivity index (χ0) is 24.3. The molecule has 4 rings (SSSR count). The van der Waals surface area contributed by atoms with Gasteiger partial charge < -0.3 is 24.6 Å². The van der Waals surface area contributed by atoms with E-state index in [0.717, 1.165) is 51.0 Å². The Morgan fingerprint density at radius 2 is 2.06 bits per heavy atom. The second-order valence-electron chi connectivity index (χ2n) is 9.95. The minimum atomic E-state index is -4.41. The summed E-state index contributed by atoms with van der Waals surface area (Å²) in [7, 11) is 1.63. The normalized spacial score (nSPS) is 30.6. The molecule has 7 nitrogen and oxygen atoms in total. The number of alkyl halides is 3. The van der Waals surface area contributed by atoms with E-state index in [4.69, 9.17) is 9.47 Å². The number of carbonyl (C=O) groups is 1.